The topological polar surface area (TPSA) is 62.3 Å². The molecule has 0 saturated carbocycles. The average molecular weight is 388 g/mol. The number of anilines is 1. The normalized spacial score (nSPS) is 16.9. The second-order valence-corrected chi connectivity index (χ2v) is 6.77. The molecule has 0 bridgehead atoms. The highest BCUT2D eigenvalue weighted by Crippen LogP contribution is 2.33. The van der Waals surface area contributed by atoms with Gasteiger partial charge in [-0.25, -0.2) is 0 Å². The number of rotatable bonds is 2. The molecule has 124 valence electrons. The minimum atomic E-state index is -0.618. The zero-order valence-corrected chi connectivity index (χ0v) is 14.9. The molecule has 0 aliphatic carbocycles. The number of carbonyl (C=O) groups is 2. The third-order valence-electron chi connectivity index (χ3n) is 4.23. The maximum absolute atomic E-state index is 12.6. The van der Waals surface area contributed by atoms with Crippen molar-refractivity contribution in [3.63, 3.8) is 0 Å². The van der Waals surface area contributed by atoms with Crippen LogP contribution in [0.25, 0.3) is 0 Å². The molecule has 6 heteroatoms. The van der Waals surface area contributed by atoms with E-state index in [-0.39, 0.29) is 6.04 Å². The summed E-state index contributed by atoms with van der Waals surface area (Å²) in [6, 6.07) is 9.61. The molecular weight excluding hydrogens is 370 g/mol. The van der Waals surface area contributed by atoms with Crippen molar-refractivity contribution in [3.05, 3.63) is 58.3 Å². The van der Waals surface area contributed by atoms with Gasteiger partial charge in [-0.3, -0.25) is 14.6 Å². The number of halogens is 1. The van der Waals surface area contributed by atoms with Crippen LogP contribution < -0.4 is 5.32 Å². The first kappa shape index (κ1) is 16.6. The summed E-state index contributed by atoms with van der Waals surface area (Å²) in [5.41, 5.74) is 2.48. The molecule has 0 spiro atoms. The standard InChI is InChI=1S/C18H18BrN3O2/c1-12-7-8-20-11-15(12)21-17(23)18(24)22-9-3-6-16(22)13-4-2-5-14(19)10-13/h2,4-5,7-8,10-11,16H,3,6,9H2,1H3,(H,21,23)/t16-/m1/s1. The van der Waals surface area contributed by atoms with E-state index in [1.54, 1.807) is 23.4 Å². The van der Waals surface area contributed by atoms with Crippen molar-refractivity contribution < 1.29 is 9.59 Å². The number of hydrogen-bond donors (Lipinski definition) is 1. The van der Waals surface area contributed by atoms with Gasteiger partial charge in [0.1, 0.15) is 0 Å². The number of aromatic nitrogens is 1. The molecule has 1 aliphatic rings. The van der Waals surface area contributed by atoms with E-state index in [1.165, 1.54) is 0 Å². The van der Waals surface area contributed by atoms with Gasteiger partial charge >= 0.3 is 11.8 Å². The highest BCUT2D eigenvalue weighted by atomic mass is 79.9. The molecule has 1 aliphatic heterocycles. The van der Waals surface area contributed by atoms with Crippen molar-refractivity contribution in [2.45, 2.75) is 25.8 Å². The minimum absolute atomic E-state index is 0.0595. The number of benzene rings is 1. The highest BCUT2D eigenvalue weighted by Gasteiger charge is 2.33. The Morgan fingerprint density at radius 3 is 2.92 bits per heavy atom. The number of likely N-dealkylation sites (tertiary alicyclic amines) is 1. The van der Waals surface area contributed by atoms with Gasteiger partial charge in [0.15, 0.2) is 0 Å². The van der Waals surface area contributed by atoms with Gasteiger partial charge in [-0.05, 0) is 49.1 Å². The van der Waals surface area contributed by atoms with Crippen molar-refractivity contribution in [2.24, 2.45) is 0 Å². The summed E-state index contributed by atoms with van der Waals surface area (Å²) in [7, 11) is 0. The molecule has 1 aromatic heterocycles. The van der Waals surface area contributed by atoms with E-state index >= 15 is 0 Å². The van der Waals surface area contributed by atoms with E-state index in [0.29, 0.717) is 12.2 Å². The smallest absolute Gasteiger partial charge is 0.313 e. The summed E-state index contributed by atoms with van der Waals surface area (Å²) in [5.74, 6) is -1.12. The lowest BCUT2D eigenvalue weighted by Gasteiger charge is -2.24. The number of carbonyl (C=O) groups excluding carboxylic acids is 2. The first-order valence-corrected chi connectivity index (χ1v) is 8.63. The third kappa shape index (κ3) is 3.48. The quantitative estimate of drug-likeness (QED) is 0.802. The fraction of sp³-hybridized carbons (Fsp3) is 0.278. The number of pyridine rings is 1. The summed E-state index contributed by atoms with van der Waals surface area (Å²) in [5, 5.41) is 2.67. The summed E-state index contributed by atoms with van der Waals surface area (Å²) < 4.78 is 0.967. The Bertz CT molecular complexity index is 778. The Morgan fingerprint density at radius 2 is 2.17 bits per heavy atom. The van der Waals surface area contributed by atoms with Crippen LogP contribution >= 0.6 is 15.9 Å². The van der Waals surface area contributed by atoms with Crippen LogP contribution in [-0.2, 0) is 9.59 Å². The third-order valence-corrected chi connectivity index (χ3v) is 4.72. The Morgan fingerprint density at radius 1 is 1.33 bits per heavy atom. The SMILES string of the molecule is Cc1ccncc1NC(=O)C(=O)N1CCC[C@@H]1c1cccc(Br)c1. The Labute approximate surface area is 149 Å². The van der Waals surface area contributed by atoms with Gasteiger partial charge in [0.2, 0.25) is 0 Å². The maximum Gasteiger partial charge on any atom is 0.313 e. The monoisotopic (exact) mass is 387 g/mol. The molecule has 1 saturated heterocycles. The fourth-order valence-corrected chi connectivity index (χ4v) is 3.39. The molecule has 1 N–H and O–H groups in total. The molecule has 3 rings (SSSR count). The van der Waals surface area contributed by atoms with E-state index in [4.69, 9.17) is 0 Å². The van der Waals surface area contributed by atoms with Gasteiger partial charge in [0.05, 0.1) is 17.9 Å². The molecule has 2 aromatic rings. The van der Waals surface area contributed by atoms with Gasteiger partial charge in [-0.2, -0.15) is 0 Å². The average Bonchev–Trinajstić information content (AvgIpc) is 3.06. The summed E-state index contributed by atoms with van der Waals surface area (Å²) in [6.07, 6.45) is 4.95. The molecule has 5 nitrogen and oxygen atoms in total. The Hall–Kier alpha value is -2.21. The van der Waals surface area contributed by atoms with Gasteiger partial charge in [0.25, 0.3) is 0 Å². The van der Waals surface area contributed by atoms with Crippen LogP contribution in [0.3, 0.4) is 0 Å². The first-order valence-electron chi connectivity index (χ1n) is 7.84. The van der Waals surface area contributed by atoms with Gasteiger partial charge < -0.3 is 10.2 Å². The fourth-order valence-electron chi connectivity index (χ4n) is 2.97. The van der Waals surface area contributed by atoms with E-state index in [2.05, 4.69) is 26.2 Å². The molecule has 0 unspecified atom stereocenters. The molecule has 0 radical (unpaired) electrons. The van der Waals surface area contributed by atoms with Gasteiger partial charge in [0, 0.05) is 17.2 Å². The second-order valence-electron chi connectivity index (χ2n) is 5.86. The summed E-state index contributed by atoms with van der Waals surface area (Å²) in [4.78, 5) is 30.6. The van der Waals surface area contributed by atoms with Crippen molar-refractivity contribution >= 4 is 33.4 Å². The number of amides is 2. The zero-order valence-electron chi connectivity index (χ0n) is 13.3. The molecule has 24 heavy (non-hydrogen) atoms. The molecule has 2 amide bonds. The van der Waals surface area contributed by atoms with Crippen LogP contribution in [-0.4, -0.2) is 28.2 Å². The van der Waals surface area contributed by atoms with E-state index in [0.717, 1.165) is 28.4 Å². The van der Waals surface area contributed by atoms with Crippen molar-refractivity contribution in [3.8, 4) is 0 Å². The summed E-state index contributed by atoms with van der Waals surface area (Å²) in [6.45, 7) is 2.46. The Kier molecular flexibility index (Phi) is 4.94. The van der Waals surface area contributed by atoms with Crippen LogP contribution in [0.2, 0.25) is 0 Å². The highest BCUT2D eigenvalue weighted by molar-refractivity contribution is 9.10. The Balaban J connectivity index is 1.76. The second kappa shape index (κ2) is 7.13. The number of hydrogen-bond acceptors (Lipinski definition) is 3. The lowest BCUT2D eigenvalue weighted by Crippen LogP contribution is -2.39. The molecule has 1 atom stereocenters. The van der Waals surface area contributed by atoms with Crippen molar-refractivity contribution in [2.75, 3.05) is 11.9 Å². The van der Waals surface area contributed by atoms with Crippen LogP contribution in [0.15, 0.2) is 47.2 Å². The molecule has 1 fully saturated rings. The van der Waals surface area contributed by atoms with Gasteiger partial charge in [-0.15, -0.1) is 0 Å². The van der Waals surface area contributed by atoms with Crippen LogP contribution in [0, 0.1) is 6.92 Å². The van der Waals surface area contributed by atoms with E-state index < -0.39 is 11.8 Å². The van der Waals surface area contributed by atoms with E-state index in [9.17, 15) is 9.59 Å². The first-order chi connectivity index (χ1) is 11.6. The molecule has 2 heterocycles. The largest absolute Gasteiger partial charge is 0.327 e. The lowest BCUT2D eigenvalue weighted by molar-refractivity contribution is -0.143. The zero-order chi connectivity index (χ0) is 17.1. The van der Waals surface area contributed by atoms with Crippen LogP contribution in [0.1, 0.15) is 30.0 Å². The molecular formula is C18H18BrN3O2. The van der Waals surface area contributed by atoms with E-state index in [1.807, 2.05) is 31.2 Å². The van der Waals surface area contributed by atoms with Gasteiger partial charge in [-0.1, -0.05) is 28.1 Å². The lowest BCUT2D eigenvalue weighted by atomic mass is 10.0. The predicted molar refractivity (Wildman–Crippen MR) is 95.4 cm³/mol. The maximum atomic E-state index is 12.6. The number of aryl methyl sites for hydroxylation is 1. The van der Waals surface area contributed by atoms with Crippen molar-refractivity contribution in [1.29, 1.82) is 0 Å². The van der Waals surface area contributed by atoms with Crippen LogP contribution in [0.4, 0.5) is 5.69 Å². The summed E-state index contributed by atoms with van der Waals surface area (Å²) >= 11 is 3.46. The van der Waals surface area contributed by atoms with Crippen LogP contribution in [0.5, 0.6) is 0 Å². The molecule has 1 aromatic carbocycles. The number of nitrogens with one attached hydrogen (secondary N) is 1. The number of nitrogens with zero attached hydrogens (tertiary/aromatic N) is 2. The predicted octanol–water partition coefficient (Wildman–Crippen LogP) is 3.45. The van der Waals surface area contributed by atoms with Crippen molar-refractivity contribution in [1.82, 2.24) is 9.88 Å². The minimum Gasteiger partial charge on any atom is -0.327 e.